The summed E-state index contributed by atoms with van der Waals surface area (Å²) in [6, 6.07) is 20.8. The highest BCUT2D eigenvalue weighted by Crippen LogP contribution is 2.33. The first-order valence-electron chi connectivity index (χ1n) is 12.3. The van der Waals surface area contributed by atoms with Crippen LogP contribution in [-0.2, 0) is 11.3 Å². The minimum Gasteiger partial charge on any atom is -0.506 e. The van der Waals surface area contributed by atoms with Crippen molar-refractivity contribution >= 4 is 21.8 Å². The van der Waals surface area contributed by atoms with Crippen LogP contribution in [0.2, 0.25) is 0 Å². The number of methoxy groups -OCH3 is 1. The van der Waals surface area contributed by atoms with Gasteiger partial charge in [-0.05, 0) is 55.5 Å². The fourth-order valence-electron chi connectivity index (χ4n) is 4.51. The van der Waals surface area contributed by atoms with Crippen molar-refractivity contribution in [3.8, 4) is 22.8 Å². The number of ether oxygens (including phenoxy) is 2. The molecule has 0 aliphatic carbocycles. The zero-order valence-electron chi connectivity index (χ0n) is 21.0. The Bertz CT molecular complexity index is 1590. The van der Waals surface area contributed by atoms with Gasteiger partial charge in [0.15, 0.2) is 0 Å². The Hall–Kier alpha value is -4.14. The Morgan fingerprint density at radius 1 is 0.946 bits per heavy atom. The number of aryl methyl sites for hydroxylation is 1. The molecule has 5 aromatic rings. The van der Waals surface area contributed by atoms with Gasteiger partial charge in [0.2, 0.25) is 0 Å². The largest absolute Gasteiger partial charge is 0.506 e. The average molecular weight is 499 g/mol. The number of aromatic nitrogens is 3. The number of H-pyrrole nitrogens is 2. The molecule has 2 aromatic carbocycles. The van der Waals surface area contributed by atoms with Crippen molar-refractivity contribution in [2.75, 3.05) is 33.4 Å². The molecule has 3 aromatic heterocycles. The molecule has 37 heavy (non-hydrogen) atoms. The molecular formula is C29H30N4O4. The van der Waals surface area contributed by atoms with Gasteiger partial charge >= 0.3 is 0 Å². The highest BCUT2D eigenvalue weighted by atomic mass is 16.5. The van der Waals surface area contributed by atoms with E-state index in [0.29, 0.717) is 29.8 Å². The van der Waals surface area contributed by atoms with Gasteiger partial charge in [0.05, 0.1) is 23.5 Å². The number of nitrogens with one attached hydrogen (secondary N) is 2. The lowest BCUT2D eigenvalue weighted by molar-refractivity contribution is 0.130. The van der Waals surface area contributed by atoms with E-state index < -0.39 is 0 Å². The Morgan fingerprint density at radius 3 is 2.62 bits per heavy atom. The number of pyridine rings is 2. The van der Waals surface area contributed by atoms with E-state index in [1.807, 2.05) is 61.5 Å². The zero-order valence-corrected chi connectivity index (χ0v) is 21.0. The van der Waals surface area contributed by atoms with Gasteiger partial charge in [-0.25, -0.2) is 0 Å². The minimum absolute atomic E-state index is 0.0402. The molecule has 5 rings (SSSR count). The first-order valence-corrected chi connectivity index (χ1v) is 12.3. The zero-order chi connectivity index (χ0) is 25.8. The second kappa shape index (κ2) is 10.9. The topological polar surface area (TPSA) is 103 Å². The van der Waals surface area contributed by atoms with E-state index in [1.54, 1.807) is 19.2 Å². The van der Waals surface area contributed by atoms with Crippen molar-refractivity contribution < 1.29 is 14.6 Å². The van der Waals surface area contributed by atoms with E-state index >= 15 is 0 Å². The Kier molecular flexibility index (Phi) is 7.20. The second-order valence-electron chi connectivity index (χ2n) is 9.04. The molecule has 0 amide bonds. The molecule has 190 valence electrons. The molecule has 8 nitrogen and oxygen atoms in total. The third-order valence-corrected chi connectivity index (χ3v) is 6.38. The molecular weight excluding hydrogens is 468 g/mol. The molecule has 0 radical (unpaired) electrons. The van der Waals surface area contributed by atoms with Crippen LogP contribution in [0.4, 0.5) is 0 Å². The maximum absolute atomic E-state index is 12.7. The van der Waals surface area contributed by atoms with Crippen LogP contribution in [0.25, 0.3) is 33.1 Å². The quantitative estimate of drug-likeness (QED) is 0.260. The van der Waals surface area contributed by atoms with Gasteiger partial charge in [0, 0.05) is 48.7 Å². The van der Waals surface area contributed by atoms with Gasteiger partial charge in [-0.15, -0.1) is 0 Å². The van der Waals surface area contributed by atoms with Crippen LogP contribution in [0.15, 0.2) is 71.5 Å². The molecule has 0 spiro atoms. The molecule has 0 fully saturated rings. The van der Waals surface area contributed by atoms with Gasteiger partial charge in [-0.2, -0.15) is 0 Å². The summed E-state index contributed by atoms with van der Waals surface area (Å²) in [6.07, 6.45) is 0. The fraction of sp³-hybridized carbons (Fsp3) is 0.241. The number of hydrogen-bond acceptors (Lipinski definition) is 6. The van der Waals surface area contributed by atoms with Crippen molar-refractivity contribution in [2.45, 2.75) is 13.5 Å². The third-order valence-electron chi connectivity index (χ3n) is 6.38. The minimum atomic E-state index is -0.349. The SMILES string of the molecule is COCCN(CCOc1ccc2[nH]c(-c3c(O)c4ccccc4[nH]c3=O)cc2c1)Cc1cccc(C)n1. The summed E-state index contributed by atoms with van der Waals surface area (Å²) in [5.74, 6) is 0.691. The van der Waals surface area contributed by atoms with Crippen molar-refractivity contribution in [1.82, 2.24) is 19.9 Å². The smallest absolute Gasteiger partial charge is 0.261 e. The molecule has 0 atom stereocenters. The summed E-state index contributed by atoms with van der Waals surface area (Å²) >= 11 is 0. The van der Waals surface area contributed by atoms with Crippen molar-refractivity contribution in [3.05, 3.63) is 88.5 Å². The number of aromatic hydroxyl groups is 1. The average Bonchev–Trinajstić information content (AvgIpc) is 3.30. The predicted molar refractivity (Wildman–Crippen MR) is 145 cm³/mol. The fourth-order valence-corrected chi connectivity index (χ4v) is 4.51. The van der Waals surface area contributed by atoms with Crippen LogP contribution in [0.5, 0.6) is 11.5 Å². The summed E-state index contributed by atoms with van der Waals surface area (Å²) in [7, 11) is 1.70. The van der Waals surface area contributed by atoms with E-state index in [1.165, 1.54) is 0 Å². The molecule has 0 bridgehead atoms. The van der Waals surface area contributed by atoms with Gasteiger partial charge in [-0.3, -0.25) is 14.7 Å². The summed E-state index contributed by atoms with van der Waals surface area (Å²) in [4.78, 5) is 25.7. The van der Waals surface area contributed by atoms with Crippen molar-refractivity contribution in [3.63, 3.8) is 0 Å². The van der Waals surface area contributed by atoms with Gasteiger partial charge in [0.25, 0.3) is 5.56 Å². The first-order chi connectivity index (χ1) is 18.0. The van der Waals surface area contributed by atoms with Crippen LogP contribution in [0.3, 0.4) is 0 Å². The molecule has 0 unspecified atom stereocenters. The van der Waals surface area contributed by atoms with E-state index in [9.17, 15) is 9.90 Å². The highest BCUT2D eigenvalue weighted by molar-refractivity contribution is 5.94. The van der Waals surface area contributed by atoms with Crippen LogP contribution in [0.1, 0.15) is 11.4 Å². The van der Waals surface area contributed by atoms with Gasteiger partial charge in [0.1, 0.15) is 23.7 Å². The Morgan fingerprint density at radius 2 is 1.78 bits per heavy atom. The molecule has 0 saturated carbocycles. The van der Waals surface area contributed by atoms with Gasteiger partial charge < -0.3 is 24.5 Å². The van der Waals surface area contributed by atoms with Crippen molar-refractivity contribution in [2.24, 2.45) is 0 Å². The lowest BCUT2D eigenvalue weighted by Crippen LogP contribution is -2.31. The number of benzene rings is 2. The van der Waals surface area contributed by atoms with Crippen LogP contribution >= 0.6 is 0 Å². The number of aromatic amines is 2. The molecule has 3 heterocycles. The Balaban J connectivity index is 1.31. The molecule has 0 aliphatic heterocycles. The number of para-hydroxylation sites is 1. The van der Waals surface area contributed by atoms with Crippen LogP contribution < -0.4 is 10.3 Å². The number of fused-ring (bicyclic) bond motifs is 2. The number of rotatable bonds is 10. The maximum atomic E-state index is 12.7. The number of nitrogens with zero attached hydrogens (tertiary/aromatic N) is 2. The van der Waals surface area contributed by atoms with Crippen LogP contribution in [-0.4, -0.2) is 58.4 Å². The molecule has 8 heteroatoms. The predicted octanol–water partition coefficient (Wildman–Crippen LogP) is 4.61. The summed E-state index contributed by atoms with van der Waals surface area (Å²) < 4.78 is 11.3. The maximum Gasteiger partial charge on any atom is 0.261 e. The second-order valence-corrected chi connectivity index (χ2v) is 9.04. The molecule has 0 saturated heterocycles. The monoisotopic (exact) mass is 498 g/mol. The van der Waals surface area contributed by atoms with Crippen molar-refractivity contribution in [1.29, 1.82) is 0 Å². The van der Waals surface area contributed by atoms with Gasteiger partial charge in [-0.1, -0.05) is 18.2 Å². The standard InChI is InChI=1S/C29H30N4O4/c1-19-6-5-7-21(30-19)18-33(12-14-36-2)13-15-37-22-10-11-24-20(16-22)17-26(31-24)27-28(34)23-8-3-4-9-25(23)32-29(27)35/h3-11,16-17,31H,12-15,18H2,1-2H3,(H2,32,34,35). The Labute approximate surface area is 214 Å². The first kappa shape index (κ1) is 24.5. The summed E-state index contributed by atoms with van der Waals surface area (Å²) in [5, 5.41) is 12.3. The normalized spacial score (nSPS) is 11.5. The number of hydrogen-bond donors (Lipinski definition) is 3. The van der Waals surface area contributed by atoms with E-state index in [4.69, 9.17) is 9.47 Å². The summed E-state index contributed by atoms with van der Waals surface area (Å²) in [5.41, 5.74) is 3.88. The lowest BCUT2D eigenvalue weighted by atomic mass is 10.1. The third kappa shape index (κ3) is 5.50. The summed E-state index contributed by atoms with van der Waals surface area (Å²) in [6.45, 7) is 5.34. The molecule has 0 aliphatic rings. The lowest BCUT2D eigenvalue weighted by Gasteiger charge is -2.22. The van der Waals surface area contributed by atoms with Crippen LogP contribution in [0, 0.1) is 6.92 Å². The van der Waals surface area contributed by atoms with E-state index in [-0.39, 0.29) is 16.9 Å². The molecule has 3 N–H and O–H groups in total. The van der Waals surface area contributed by atoms with E-state index in [2.05, 4.69) is 19.9 Å². The van der Waals surface area contributed by atoms with E-state index in [0.717, 1.165) is 47.7 Å². The highest BCUT2D eigenvalue weighted by Gasteiger charge is 2.16.